The molecule has 2 rings (SSSR count). The van der Waals surface area contributed by atoms with Gasteiger partial charge < -0.3 is 24.7 Å². The second-order valence-electron chi connectivity index (χ2n) is 7.01. The quantitative estimate of drug-likeness (QED) is 0.380. The summed E-state index contributed by atoms with van der Waals surface area (Å²) in [5.41, 5.74) is -0.0885. The number of esters is 1. The standard InChI is InChI=1S/C9H14O.C7H15NO3.C3H7NO/c1-8-5-3-4-6-9(8,2)7-10;1-5(2)8-6(4-9)7(10)11-3;1-2-5-3-4-1/h3,5,7-8H,4,6H2,1-2H3;5-6,8-9H,4H2,1-3H3;4H,1-3H2. The van der Waals surface area contributed by atoms with Gasteiger partial charge in [-0.3, -0.25) is 10.1 Å². The predicted octanol–water partition coefficient (Wildman–Crippen LogP) is 1.26. The zero-order chi connectivity index (χ0) is 20.0. The number of carbonyl (C=O) groups is 2. The van der Waals surface area contributed by atoms with Gasteiger partial charge in [-0.05, 0) is 18.8 Å². The number of aldehydes is 1. The van der Waals surface area contributed by atoms with E-state index in [1.165, 1.54) is 7.11 Å². The van der Waals surface area contributed by atoms with Crippen LogP contribution in [0.25, 0.3) is 0 Å². The Balaban J connectivity index is 0.000000382. The molecule has 0 amide bonds. The molecule has 1 saturated heterocycles. The average Bonchev–Trinajstić information content (AvgIpc) is 3.22. The molecule has 0 bridgehead atoms. The summed E-state index contributed by atoms with van der Waals surface area (Å²) in [6, 6.07) is -0.439. The van der Waals surface area contributed by atoms with E-state index in [4.69, 9.17) is 9.84 Å². The summed E-state index contributed by atoms with van der Waals surface area (Å²) in [6.45, 7) is 10.4. The summed E-state index contributed by atoms with van der Waals surface area (Å²) in [5, 5.41) is 14.6. The largest absolute Gasteiger partial charge is 0.468 e. The van der Waals surface area contributed by atoms with Crippen LogP contribution in [0.4, 0.5) is 0 Å². The monoisotopic (exact) mass is 372 g/mol. The molecular weight excluding hydrogens is 336 g/mol. The highest BCUT2D eigenvalue weighted by Gasteiger charge is 2.30. The van der Waals surface area contributed by atoms with Gasteiger partial charge in [0.25, 0.3) is 0 Å². The number of aliphatic hydroxyl groups excluding tert-OH is 1. The summed E-state index contributed by atoms with van der Waals surface area (Å²) in [7, 11) is 1.30. The molecule has 1 aliphatic carbocycles. The molecule has 1 fully saturated rings. The Bertz CT molecular complexity index is 417. The number of rotatable bonds is 5. The van der Waals surface area contributed by atoms with Crippen molar-refractivity contribution in [2.75, 3.05) is 33.6 Å². The molecule has 1 aliphatic heterocycles. The number of allylic oxidation sites excluding steroid dienone is 2. The Kier molecular flexibility index (Phi) is 13.2. The molecule has 0 aromatic rings. The van der Waals surface area contributed by atoms with E-state index in [1.807, 2.05) is 20.8 Å². The van der Waals surface area contributed by atoms with Crippen LogP contribution in [0.3, 0.4) is 0 Å². The van der Waals surface area contributed by atoms with E-state index < -0.39 is 12.0 Å². The summed E-state index contributed by atoms with van der Waals surface area (Å²) in [4.78, 5) is 21.5. The molecule has 3 unspecified atom stereocenters. The molecular formula is C19H36N2O5. The number of ether oxygens (including phenoxy) is 2. The van der Waals surface area contributed by atoms with Crippen LogP contribution in [0.1, 0.15) is 40.5 Å². The number of nitrogens with one attached hydrogen (secondary N) is 2. The van der Waals surface area contributed by atoms with Gasteiger partial charge in [0.1, 0.15) is 12.3 Å². The summed E-state index contributed by atoms with van der Waals surface area (Å²) in [6.07, 6.45) is 7.46. The zero-order valence-corrected chi connectivity index (χ0v) is 16.8. The van der Waals surface area contributed by atoms with Gasteiger partial charge in [-0.1, -0.05) is 39.8 Å². The van der Waals surface area contributed by atoms with Gasteiger partial charge in [-0.25, -0.2) is 0 Å². The van der Waals surface area contributed by atoms with Crippen LogP contribution in [-0.2, 0) is 19.1 Å². The van der Waals surface area contributed by atoms with Gasteiger partial charge in [0.15, 0.2) is 0 Å². The molecule has 0 aromatic carbocycles. The van der Waals surface area contributed by atoms with Crippen LogP contribution in [-0.4, -0.2) is 63.0 Å². The van der Waals surface area contributed by atoms with Gasteiger partial charge >= 0.3 is 5.97 Å². The summed E-state index contributed by atoms with van der Waals surface area (Å²) in [5.74, 6) is -0.0139. The van der Waals surface area contributed by atoms with Gasteiger partial charge in [0.2, 0.25) is 0 Å². The molecule has 0 spiro atoms. The van der Waals surface area contributed by atoms with Crippen molar-refractivity contribution >= 4 is 12.3 Å². The van der Waals surface area contributed by atoms with E-state index in [0.717, 1.165) is 39.0 Å². The van der Waals surface area contributed by atoms with Crippen molar-refractivity contribution in [1.82, 2.24) is 10.6 Å². The Morgan fingerprint density at radius 2 is 2.23 bits per heavy atom. The molecule has 26 heavy (non-hydrogen) atoms. The lowest BCUT2D eigenvalue weighted by Crippen LogP contribution is -2.44. The Hall–Kier alpha value is -1.28. The number of methoxy groups -OCH3 is 1. The highest BCUT2D eigenvalue weighted by atomic mass is 16.5. The molecule has 0 radical (unpaired) electrons. The topological polar surface area (TPSA) is 96.9 Å². The van der Waals surface area contributed by atoms with E-state index in [9.17, 15) is 9.59 Å². The first-order valence-corrected chi connectivity index (χ1v) is 9.17. The van der Waals surface area contributed by atoms with Crippen molar-refractivity contribution in [1.29, 1.82) is 0 Å². The lowest BCUT2D eigenvalue weighted by atomic mass is 9.73. The molecule has 3 N–H and O–H groups in total. The van der Waals surface area contributed by atoms with Gasteiger partial charge in [-0.2, -0.15) is 0 Å². The minimum Gasteiger partial charge on any atom is -0.468 e. The minimum absolute atomic E-state index is 0.0885. The Morgan fingerprint density at radius 1 is 1.54 bits per heavy atom. The van der Waals surface area contributed by atoms with Crippen molar-refractivity contribution < 1.29 is 24.2 Å². The van der Waals surface area contributed by atoms with Crippen LogP contribution in [0.15, 0.2) is 12.2 Å². The van der Waals surface area contributed by atoms with E-state index >= 15 is 0 Å². The number of aliphatic hydroxyl groups is 1. The van der Waals surface area contributed by atoms with Crippen LogP contribution >= 0.6 is 0 Å². The summed E-state index contributed by atoms with van der Waals surface area (Å²) >= 11 is 0. The fraction of sp³-hybridized carbons (Fsp3) is 0.789. The van der Waals surface area contributed by atoms with Crippen molar-refractivity contribution in [2.24, 2.45) is 11.3 Å². The maximum atomic E-state index is 10.8. The molecule has 2 aliphatic rings. The molecule has 7 heteroatoms. The van der Waals surface area contributed by atoms with Crippen LogP contribution in [0, 0.1) is 11.3 Å². The molecule has 0 aromatic heterocycles. The molecule has 3 atom stereocenters. The normalized spacial score (nSPS) is 25.4. The number of hydrogen-bond donors (Lipinski definition) is 3. The SMILES string of the molecule is C1COCN1.CC1C=CCCC1(C)C=O.COC(=O)C(CO)NC(C)C. The zero-order valence-electron chi connectivity index (χ0n) is 16.8. The molecule has 152 valence electrons. The average molecular weight is 373 g/mol. The minimum atomic E-state index is -0.597. The number of carbonyl (C=O) groups excluding carboxylic acids is 2. The van der Waals surface area contributed by atoms with Crippen LogP contribution in [0.5, 0.6) is 0 Å². The highest BCUT2D eigenvalue weighted by molar-refractivity contribution is 5.75. The fourth-order valence-electron chi connectivity index (χ4n) is 2.41. The van der Waals surface area contributed by atoms with Gasteiger partial charge in [-0.15, -0.1) is 0 Å². The lowest BCUT2D eigenvalue weighted by Gasteiger charge is -2.30. The maximum Gasteiger partial charge on any atom is 0.325 e. The van der Waals surface area contributed by atoms with Crippen molar-refractivity contribution in [3.8, 4) is 0 Å². The lowest BCUT2D eigenvalue weighted by molar-refractivity contribution is -0.144. The molecule has 7 nitrogen and oxygen atoms in total. The van der Waals surface area contributed by atoms with Crippen molar-refractivity contribution in [3.05, 3.63) is 12.2 Å². The van der Waals surface area contributed by atoms with Crippen LogP contribution in [0.2, 0.25) is 0 Å². The second-order valence-corrected chi connectivity index (χ2v) is 7.01. The number of hydrogen-bond acceptors (Lipinski definition) is 7. The van der Waals surface area contributed by atoms with Crippen molar-refractivity contribution in [3.63, 3.8) is 0 Å². The maximum absolute atomic E-state index is 10.8. The Labute approximate surface area is 157 Å². The third-order valence-electron chi connectivity index (χ3n) is 4.41. The van der Waals surface area contributed by atoms with Gasteiger partial charge in [0.05, 0.1) is 27.1 Å². The first-order chi connectivity index (χ1) is 12.3. The first-order valence-electron chi connectivity index (χ1n) is 9.17. The van der Waals surface area contributed by atoms with E-state index in [0.29, 0.717) is 5.92 Å². The molecule has 1 heterocycles. The molecule has 0 saturated carbocycles. The van der Waals surface area contributed by atoms with Gasteiger partial charge in [0, 0.05) is 18.0 Å². The fourth-order valence-corrected chi connectivity index (χ4v) is 2.41. The first kappa shape index (κ1) is 24.7. The Morgan fingerprint density at radius 3 is 2.54 bits per heavy atom. The third-order valence-corrected chi connectivity index (χ3v) is 4.41. The second kappa shape index (κ2) is 13.9. The van der Waals surface area contributed by atoms with Crippen molar-refractivity contribution in [2.45, 2.75) is 52.6 Å². The third kappa shape index (κ3) is 10.0. The smallest absolute Gasteiger partial charge is 0.325 e. The highest BCUT2D eigenvalue weighted by Crippen LogP contribution is 2.34. The predicted molar refractivity (Wildman–Crippen MR) is 102 cm³/mol. The summed E-state index contributed by atoms with van der Waals surface area (Å²) < 4.78 is 9.28. The van der Waals surface area contributed by atoms with Crippen LogP contribution < -0.4 is 10.6 Å². The van der Waals surface area contributed by atoms with E-state index in [-0.39, 0.29) is 18.1 Å². The van der Waals surface area contributed by atoms with E-state index in [1.54, 1.807) is 0 Å². The van der Waals surface area contributed by atoms with E-state index in [2.05, 4.69) is 34.4 Å².